The number of carbonyl (C=O) groups excluding carboxylic acids is 1. The molecule has 1 aromatic carbocycles. The lowest BCUT2D eigenvalue weighted by Crippen LogP contribution is -2.39. The lowest BCUT2D eigenvalue weighted by atomic mass is 9.83. The van der Waals surface area contributed by atoms with E-state index in [0.29, 0.717) is 33.9 Å². The van der Waals surface area contributed by atoms with E-state index in [1.54, 1.807) is 35.2 Å². The number of aliphatic hydroxyl groups is 1. The predicted molar refractivity (Wildman–Crippen MR) is 143 cm³/mol. The number of rotatable bonds is 8. The van der Waals surface area contributed by atoms with Crippen LogP contribution >= 0.6 is 0 Å². The van der Waals surface area contributed by atoms with Crippen LogP contribution in [0.25, 0.3) is 5.57 Å². The fraction of sp³-hybridized carbons (Fsp3) is 0.481. The van der Waals surface area contributed by atoms with Crippen molar-refractivity contribution in [2.45, 2.75) is 50.9 Å². The number of nitrogens with one attached hydrogen (secondary N) is 2. The van der Waals surface area contributed by atoms with E-state index in [-0.39, 0.29) is 25.9 Å². The van der Waals surface area contributed by atoms with E-state index < -0.39 is 34.2 Å². The highest BCUT2D eigenvalue weighted by molar-refractivity contribution is 7.92. The summed E-state index contributed by atoms with van der Waals surface area (Å²) in [7, 11) is -3.73. The van der Waals surface area contributed by atoms with E-state index in [1.165, 1.54) is 18.9 Å². The maximum absolute atomic E-state index is 13.6. The van der Waals surface area contributed by atoms with E-state index in [4.69, 9.17) is 5.11 Å². The number of hydrogen-bond acceptors (Lipinski definition) is 6. The second kappa shape index (κ2) is 10.3. The second-order valence-electron chi connectivity index (χ2n) is 10.5. The molecule has 3 N–H and O–H groups in total. The van der Waals surface area contributed by atoms with Crippen LogP contribution in [0.15, 0.2) is 42.5 Å². The summed E-state index contributed by atoms with van der Waals surface area (Å²) in [5.74, 6) is -2.65. The molecule has 8 nitrogen and oxygen atoms in total. The van der Waals surface area contributed by atoms with E-state index in [2.05, 4.69) is 21.1 Å². The first-order valence-corrected chi connectivity index (χ1v) is 14.6. The molecule has 0 unspecified atom stereocenters. The third kappa shape index (κ3) is 6.15. The number of amides is 1. The second-order valence-corrected chi connectivity index (χ2v) is 12.4. The van der Waals surface area contributed by atoms with Gasteiger partial charge < -0.3 is 15.3 Å². The number of allylic oxidation sites excluding steroid dienone is 2. The van der Waals surface area contributed by atoms with E-state index >= 15 is 0 Å². The number of aliphatic hydroxyl groups excluding tert-OH is 1. The van der Waals surface area contributed by atoms with E-state index in [0.717, 1.165) is 24.8 Å². The van der Waals surface area contributed by atoms with Crippen LogP contribution in [0.1, 0.15) is 60.9 Å². The first-order valence-electron chi connectivity index (χ1n) is 12.9. The number of piperidine rings is 1. The molecule has 2 aromatic rings. The Morgan fingerprint density at radius 2 is 1.84 bits per heavy atom. The molecular weight excluding hydrogens is 514 g/mol. The quantitative estimate of drug-likeness (QED) is 0.445. The Morgan fingerprint density at radius 1 is 1.08 bits per heavy atom. The molecule has 0 bridgehead atoms. The number of halogens is 2. The lowest BCUT2D eigenvalue weighted by molar-refractivity contribution is -0.0221. The lowest BCUT2D eigenvalue weighted by Gasteiger charge is -2.32. The molecule has 5 rings (SSSR count). The molecule has 38 heavy (non-hydrogen) atoms. The molecule has 11 heteroatoms. The van der Waals surface area contributed by atoms with Gasteiger partial charge in [0.2, 0.25) is 10.0 Å². The Kier molecular flexibility index (Phi) is 7.17. The molecule has 1 saturated carbocycles. The van der Waals surface area contributed by atoms with Crippen LogP contribution in [-0.2, 0) is 10.0 Å². The molecule has 1 amide bonds. The van der Waals surface area contributed by atoms with Crippen LogP contribution in [-0.4, -0.2) is 55.8 Å². The van der Waals surface area contributed by atoms with Crippen molar-refractivity contribution in [1.82, 2.24) is 4.98 Å². The van der Waals surface area contributed by atoms with Crippen molar-refractivity contribution in [2.75, 3.05) is 40.4 Å². The standard InChI is InChI=1S/C27H32F2N4O4S/c28-27(29)12-14-33(15-13-27)24-3-1-2-23(30-24)31-25(35)21-5-4-20(32-38(36,37)17-16-34)18-22(21)19-6-8-26(9-7-19)10-11-26/h1-6,18,32,34H,7-17H2,(H,30,31,35). The number of nitrogens with zero attached hydrogens (tertiary/aromatic N) is 2. The van der Waals surface area contributed by atoms with Crippen LogP contribution < -0.4 is 14.9 Å². The first kappa shape index (κ1) is 26.6. The van der Waals surface area contributed by atoms with Crippen molar-refractivity contribution >= 4 is 38.8 Å². The van der Waals surface area contributed by atoms with Crippen molar-refractivity contribution in [3.8, 4) is 0 Å². The molecule has 2 aliphatic carbocycles. The molecule has 1 aromatic heterocycles. The number of benzene rings is 1. The van der Waals surface area contributed by atoms with Gasteiger partial charge in [-0.1, -0.05) is 12.1 Å². The van der Waals surface area contributed by atoms with Gasteiger partial charge in [-0.15, -0.1) is 0 Å². The SMILES string of the molecule is O=C(Nc1cccc(N2CCC(F)(F)CC2)n1)c1ccc(NS(=O)(=O)CCO)cc1C1=CCC2(CC1)CC2. The molecule has 3 aliphatic rings. The minimum atomic E-state index is -3.73. The molecular formula is C27H32F2N4O4S. The summed E-state index contributed by atoms with van der Waals surface area (Å²) < 4.78 is 54.1. The van der Waals surface area contributed by atoms with Crippen LogP contribution in [0, 0.1) is 5.41 Å². The Balaban J connectivity index is 1.39. The highest BCUT2D eigenvalue weighted by Crippen LogP contribution is 2.56. The average molecular weight is 547 g/mol. The Morgan fingerprint density at radius 3 is 2.50 bits per heavy atom. The summed E-state index contributed by atoms with van der Waals surface area (Å²) in [5.41, 5.74) is 2.73. The zero-order valence-electron chi connectivity index (χ0n) is 21.1. The molecule has 0 radical (unpaired) electrons. The zero-order chi connectivity index (χ0) is 27.0. The van der Waals surface area contributed by atoms with Gasteiger partial charge in [0.25, 0.3) is 11.8 Å². The smallest absolute Gasteiger partial charge is 0.257 e. The summed E-state index contributed by atoms with van der Waals surface area (Å²) in [5, 5.41) is 11.9. The van der Waals surface area contributed by atoms with Crippen LogP contribution in [0.4, 0.5) is 26.1 Å². The minimum absolute atomic E-state index is 0.185. The first-order chi connectivity index (χ1) is 18.1. The van der Waals surface area contributed by atoms with Gasteiger partial charge in [-0.2, -0.15) is 0 Å². The number of aromatic nitrogens is 1. The van der Waals surface area contributed by atoms with Gasteiger partial charge >= 0.3 is 0 Å². The third-order valence-electron chi connectivity index (χ3n) is 7.70. The van der Waals surface area contributed by atoms with Crippen LogP contribution in [0.3, 0.4) is 0 Å². The maximum Gasteiger partial charge on any atom is 0.257 e. The normalized spacial score (nSPS) is 20.1. The van der Waals surface area contributed by atoms with E-state index in [1.807, 2.05) is 0 Å². The van der Waals surface area contributed by atoms with E-state index in [9.17, 15) is 22.0 Å². The summed E-state index contributed by atoms with van der Waals surface area (Å²) in [6.45, 7) is -0.127. The van der Waals surface area contributed by atoms with Gasteiger partial charge in [0.15, 0.2) is 0 Å². The molecule has 1 aliphatic heterocycles. The molecule has 2 fully saturated rings. The fourth-order valence-electron chi connectivity index (χ4n) is 5.16. The monoisotopic (exact) mass is 546 g/mol. The number of alkyl halides is 2. The van der Waals surface area contributed by atoms with Gasteiger partial charge in [0.05, 0.1) is 12.4 Å². The van der Waals surface area contributed by atoms with Crippen molar-refractivity contribution in [2.24, 2.45) is 5.41 Å². The zero-order valence-corrected chi connectivity index (χ0v) is 21.9. The summed E-state index contributed by atoms with van der Waals surface area (Å²) in [4.78, 5) is 19.7. The van der Waals surface area contributed by atoms with Crippen molar-refractivity contribution < 1.29 is 27.1 Å². The largest absolute Gasteiger partial charge is 0.395 e. The van der Waals surface area contributed by atoms with Gasteiger partial charge in [-0.05, 0) is 79.0 Å². The Bertz CT molecular complexity index is 1350. The summed E-state index contributed by atoms with van der Waals surface area (Å²) in [6.07, 6.45) is 6.85. The molecule has 1 saturated heterocycles. The molecule has 1 spiro atoms. The van der Waals surface area contributed by atoms with Crippen molar-refractivity contribution in [3.63, 3.8) is 0 Å². The number of anilines is 3. The average Bonchev–Trinajstić information content (AvgIpc) is 3.63. The number of sulfonamides is 1. The number of carbonyl (C=O) groups is 1. The Labute approximate surface area is 221 Å². The predicted octanol–water partition coefficient (Wildman–Crippen LogP) is 4.65. The maximum atomic E-state index is 13.6. The van der Waals surface area contributed by atoms with Crippen molar-refractivity contribution in [1.29, 1.82) is 0 Å². The topological polar surface area (TPSA) is 112 Å². The highest BCUT2D eigenvalue weighted by Gasteiger charge is 2.43. The van der Waals surface area contributed by atoms with Gasteiger partial charge in [0.1, 0.15) is 11.6 Å². The third-order valence-corrected chi connectivity index (χ3v) is 8.97. The molecule has 204 valence electrons. The highest BCUT2D eigenvalue weighted by atomic mass is 32.2. The molecule has 2 heterocycles. The molecule has 0 atom stereocenters. The minimum Gasteiger partial charge on any atom is -0.395 e. The van der Waals surface area contributed by atoms with Crippen LogP contribution in [0.2, 0.25) is 0 Å². The van der Waals surface area contributed by atoms with Crippen LogP contribution in [0.5, 0.6) is 0 Å². The van der Waals surface area contributed by atoms with Gasteiger partial charge in [0, 0.05) is 37.2 Å². The summed E-state index contributed by atoms with van der Waals surface area (Å²) in [6, 6.07) is 9.88. The van der Waals surface area contributed by atoms with Crippen molar-refractivity contribution in [3.05, 3.63) is 53.6 Å². The fourth-order valence-corrected chi connectivity index (χ4v) is 5.99. The summed E-state index contributed by atoms with van der Waals surface area (Å²) >= 11 is 0. The van der Waals surface area contributed by atoms with Gasteiger partial charge in [-0.3, -0.25) is 9.52 Å². The Hall–Kier alpha value is -3.05. The number of hydrogen-bond donors (Lipinski definition) is 3. The number of pyridine rings is 1. The van der Waals surface area contributed by atoms with Gasteiger partial charge in [-0.25, -0.2) is 22.2 Å².